The van der Waals surface area contributed by atoms with Crippen molar-refractivity contribution in [3.63, 3.8) is 0 Å². The molecule has 0 atom stereocenters. The lowest BCUT2D eigenvalue weighted by atomic mass is 9.79. The van der Waals surface area contributed by atoms with Crippen molar-refractivity contribution in [2.45, 2.75) is 25.7 Å². The zero-order valence-electron chi connectivity index (χ0n) is 13.6. The van der Waals surface area contributed by atoms with Crippen molar-refractivity contribution >= 4 is 45.1 Å². The first kappa shape index (κ1) is 19.4. The van der Waals surface area contributed by atoms with Gasteiger partial charge in [-0.2, -0.15) is 0 Å². The summed E-state index contributed by atoms with van der Waals surface area (Å²) in [7, 11) is 0. The molecule has 0 spiro atoms. The highest BCUT2D eigenvalue weighted by Gasteiger charge is 2.28. The lowest BCUT2D eigenvalue weighted by Gasteiger charge is -2.26. The van der Waals surface area contributed by atoms with Crippen LogP contribution in [0.5, 0.6) is 0 Å². The molecule has 0 aliphatic heterocycles. The van der Waals surface area contributed by atoms with Crippen molar-refractivity contribution in [2.24, 2.45) is 0 Å². The molecule has 25 heavy (non-hydrogen) atoms. The number of halogens is 3. The molecule has 2 aromatic carbocycles. The summed E-state index contributed by atoms with van der Waals surface area (Å²) in [5.41, 5.74) is 0.880. The lowest BCUT2D eigenvalue weighted by molar-refractivity contribution is 0.0958. The van der Waals surface area contributed by atoms with E-state index in [1.165, 1.54) is 24.3 Å². The summed E-state index contributed by atoms with van der Waals surface area (Å²) in [4.78, 5) is 23.3. The second-order valence-corrected chi connectivity index (χ2v) is 7.49. The molecule has 7 heteroatoms. The van der Waals surface area contributed by atoms with Crippen molar-refractivity contribution in [1.82, 2.24) is 0 Å². The van der Waals surface area contributed by atoms with Crippen LogP contribution in [0.1, 0.15) is 36.2 Å². The molecular weight excluding hydrogens is 413 g/mol. The SMILES string of the molecule is CC(C)(CC(=O)c1ccc(F)cc1)c1cc(Cl)c(NC(=O)O)cc1Br. The molecular formula is C18H16BrClFNO3. The molecule has 0 aromatic heterocycles. The van der Waals surface area contributed by atoms with Gasteiger partial charge in [0.1, 0.15) is 5.82 Å². The van der Waals surface area contributed by atoms with Crippen molar-refractivity contribution in [2.75, 3.05) is 5.32 Å². The van der Waals surface area contributed by atoms with Crippen molar-refractivity contribution in [3.05, 3.63) is 62.8 Å². The number of hydrogen-bond donors (Lipinski definition) is 2. The summed E-state index contributed by atoms with van der Waals surface area (Å²) in [6, 6.07) is 8.61. The van der Waals surface area contributed by atoms with E-state index in [4.69, 9.17) is 16.7 Å². The summed E-state index contributed by atoms with van der Waals surface area (Å²) in [5, 5.41) is 11.3. The van der Waals surface area contributed by atoms with Gasteiger partial charge in [-0.25, -0.2) is 9.18 Å². The maximum absolute atomic E-state index is 13.0. The van der Waals surface area contributed by atoms with Gasteiger partial charge in [0.2, 0.25) is 0 Å². The number of nitrogens with one attached hydrogen (secondary N) is 1. The maximum atomic E-state index is 13.0. The first-order chi connectivity index (χ1) is 11.6. The van der Waals surface area contributed by atoms with E-state index in [-0.39, 0.29) is 22.9 Å². The van der Waals surface area contributed by atoms with Gasteiger partial charge in [-0.3, -0.25) is 10.1 Å². The Bertz CT molecular complexity index is 822. The Morgan fingerprint density at radius 1 is 1.24 bits per heavy atom. The minimum atomic E-state index is -1.22. The predicted octanol–water partition coefficient (Wildman–Crippen LogP) is 5.88. The van der Waals surface area contributed by atoms with Gasteiger partial charge >= 0.3 is 6.09 Å². The van der Waals surface area contributed by atoms with Crippen LogP contribution < -0.4 is 5.32 Å². The van der Waals surface area contributed by atoms with E-state index in [1.807, 2.05) is 13.8 Å². The lowest BCUT2D eigenvalue weighted by Crippen LogP contribution is -2.23. The average molecular weight is 429 g/mol. The number of ketones is 1. The van der Waals surface area contributed by atoms with E-state index in [0.717, 1.165) is 5.56 Å². The quantitative estimate of drug-likeness (QED) is 0.584. The number of anilines is 1. The highest BCUT2D eigenvalue weighted by Crippen LogP contribution is 2.38. The molecule has 0 fully saturated rings. The Kier molecular flexibility index (Phi) is 5.85. The first-order valence-corrected chi connectivity index (χ1v) is 8.55. The zero-order valence-corrected chi connectivity index (χ0v) is 15.9. The Morgan fingerprint density at radius 2 is 1.84 bits per heavy atom. The van der Waals surface area contributed by atoms with E-state index in [0.29, 0.717) is 10.0 Å². The monoisotopic (exact) mass is 427 g/mol. The molecule has 0 unspecified atom stereocenters. The van der Waals surface area contributed by atoms with Crippen LogP contribution in [-0.2, 0) is 5.41 Å². The van der Waals surface area contributed by atoms with Gasteiger partial charge < -0.3 is 5.11 Å². The van der Waals surface area contributed by atoms with Crippen molar-refractivity contribution < 1.29 is 19.1 Å². The number of carbonyl (C=O) groups is 2. The normalized spacial score (nSPS) is 11.2. The average Bonchev–Trinajstić information content (AvgIpc) is 2.50. The van der Waals surface area contributed by atoms with Gasteiger partial charge in [-0.1, -0.05) is 41.4 Å². The van der Waals surface area contributed by atoms with Gasteiger partial charge in [0.15, 0.2) is 5.78 Å². The van der Waals surface area contributed by atoms with Crippen LogP contribution in [0.3, 0.4) is 0 Å². The number of carboxylic acid groups (broad SMARTS) is 1. The van der Waals surface area contributed by atoms with E-state index >= 15 is 0 Å². The third kappa shape index (κ3) is 4.80. The predicted molar refractivity (Wildman–Crippen MR) is 99.2 cm³/mol. The molecule has 0 aliphatic rings. The topological polar surface area (TPSA) is 66.4 Å². The standard InChI is InChI=1S/C18H16BrClFNO3/c1-18(2,9-16(23)10-3-5-11(21)6-4-10)12-7-14(20)15(8-13(12)19)22-17(24)25/h3-8,22H,9H2,1-2H3,(H,24,25). The van der Waals surface area contributed by atoms with Crippen LogP contribution in [0.2, 0.25) is 5.02 Å². The Labute approximate surface area is 158 Å². The smallest absolute Gasteiger partial charge is 0.409 e. The fourth-order valence-electron chi connectivity index (χ4n) is 2.51. The van der Waals surface area contributed by atoms with Crippen LogP contribution in [0.4, 0.5) is 14.9 Å². The summed E-state index contributed by atoms with van der Waals surface area (Å²) in [6.07, 6.45) is -1.04. The van der Waals surface area contributed by atoms with Gasteiger partial charge in [0.05, 0.1) is 10.7 Å². The number of Topliss-reactive ketones (excluding diaryl/α,β-unsaturated/α-hetero) is 1. The summed E-state index contributed by atoms with van der Waals surface area (Å²) >= 11 is 9.56. The second-order valence-electron chi connectivity index (χ2n) is 6.23. The van der Waals surface area contributed by atoms with E-state index in [9.17, 15) is 14.0 Å². The number of carbonyl (C=O) groups excluding carboxylic acids is 1. The molecule has 132 valence electrons. The molecule has 2 N–H and O–H groups in total. The minimum Gasteiger partial charge on any atom is -0.465 e. The van der Waals surface area contributed by atoms with E-state index in [2.05, 4.69) is 21.2 Å². The minimum absolute atomic E-state index is 0.124. The maximum Gasteiger partial charge on any atom is 0.409 e. The molecule has 0 heterocycles. The summed E-state index contributed by atoms with van der Waals surface area (Å²) < 4.78 is 13.6. The van der Waals surface area contributed by atoms with E-state index < -0.39 is 17.3 Å². The van der Waals surface area contributed by atoms with Crippen LogP contribution in [-0.4, -0.2) is 17.0 Å². The third-order valence-electron chi connectivity index (χ3n) is 3.80. The van der Waals surface area contributed by atoms with Crippen molar-refractivity contribution in [3.8, 4) is 0 Å². The van der Waals surface area contributed by atoms with Gasteiger partial charge in [0.25, 0.3) is 0 Å². The van der Waals surface area contributed by atoms with Gasteiger partial charge in [-0.05, 0) is 47.4 Å². The number of rotatable bonds is 5. The molecule has 2 rings (SSSR count). The molecule has 0 saturated heterocycles. The summed E-state index contributed by atoms with van der Waals surface area (Å²) in [5.74, 6) is -0.521. The molecule has 0 aliphatic carbocycles. The number of benzene rings is 2. The Hall–Kier alpha value is -1.92. The third-order valence-corrected chi connectivity index (χ3v) is 4.76. The Morgan fingerprint density at radius 3 is 2.40 bits per heavy atom. The van der Waals surface area contributed by atoms with E-state index in [1.54, 1.807) is 12.1 Å². The fourth-order valence-corrected chi connectivity index (χ4v) is 3.60. The summed E-state index contributed by atoms with van der Waals surface area (Å²) in [6.45, 7) is 3.77. The van der Waals surface area contributed by atoms with Crippen LogP contribution in [0, 0.1) is 5.82 Å². The molecule has 0 bridgehead atoms. The molecule has 1 amide bonds. The molecule has 0 radical (unpaired) electrons. The molecule has 4 nitrogen and oxygen atoms in total. The second kappa shape index (κ2) is 7.54. The molecule has 0 saturated carbocycles. The number of hydrogen-bond acceptors (Lipinski definition) is 2. The highest BCUT2D eigenvalue weighted by atomic mass is 79.9. The zero-order chi connectivity index (χ0) is 18.8. The largest absolute Gasteiger partial charge is 0.465 e. The fraction of sp³-hybridized carbons (Fsp3) is 0.222. The van der Waals surface area contributed by atoms with Crippen LogP contribution >= 0.6 is 27.5 Å². The highest BCUT2D eigenvalue weighted by molar-refractivity contribution is 9.10. The van der Waals surface area contributed by atoms with Gasteiger partial charge in [0, 0.05) is 16.5 Å². The van der Waals surface area contributed by atoms with Crippen LogP contribution in [0.15, 0.2) is 40.9 Å². The van der Waals surface area contributed by atoms with Crippen molar-refractivity contribution in [1.29, 1.82) is 0 Å². The first-order valence-electron chi connectivity index (χ1n) is 7.38. The Balaban J connectivity index is 2.29. The molecule has 2 aromatic rings. The van der Waals surface area contributed by atoms with Crippen LogP contribution in [0.25, 0.3) is 0 Å². The number of amides is 1. The van der Waals surface area contributed by atoms with Gasteiger partial charge in [-0.15, -0.1) is 0 Å².